The third-order valence-electron chi connectivity index (χ3n) is 7.20. The predicted octanol–water partition coefficient (Wildman–Crippen LogP) is 5.63. The monoisotopic (exact) mass is 490 g/mol. The van der Waals surface area contributed by atoms with Gasteiger partial charge in [0.2, 0.25) is 5.91 Å². The van der Waals surface area contributed by atoms with Crippen LogP contribution in [0.25, 0.3) is 0 Å². The summed E-state index contributed by atoms with van der Waals surface area (Å²) in [5.74, 6) is 1.93. The predicted molar refractivity (Wildman–Crippen MR) is 148 cm³/mol. The number of piperidine rings is 1. The minimum atomic E-state index is -0.182. The molecule has 0 spiro atoms. The van der Waals surface area contributed by atoms with Crippen LogP contribution >= 0.6 is 0 Å². The molecular formula is C30H42N4O2. The second kappa shape index (κ2) is 12.0. The molecule has 194 valence electrons. The molecule has 1 fully saturated rings. The first-order chi connectivity index (χ1) is 17.3. The third-order valence-corrected chi connectivity index (χ3v) is 7.20. The van der Waals surface area contributed by atoms with Crippen molar-refractivity contribution < 1.29 is 9.59 Å². The summed E-state index contributed by atoms with van der Waals surface area (Å²) >= 11 is 0. The van der Waals surface area contributed by atoms with Crippen LogP contribution in [-0.2, 0) is 4.79 Å². The molecule has 1 saturated heterocycles. The SMILES string of the molecule is CC(C)CN(CCC1CCN(CC(=O)N2c3ccccc3NC(=O)c3ccccc32)CC1)CC(C)C. The van der Waals surface area contributed by atoms with Crippen molar-refractivity contribution in [2.24, 2.45) is 17.8 Å². The summed E-state index contributed by atoms with van der Waals surface area (Å²) in [6.45, 7) is 15.0. The smallest absolute Gasteiger partial charge is 0.257 e. The van der Waals surface area contributed by atoms with E-state index in [0.717, 1.165) is 37.5 Å². The number of nitrogens with zero attached hydrogens (tertiary/aromatic N) is 3. The Labute approximate surface area is 216 Å². The highest BCUT2D eigenvalue weighted by Gasteiger charge is 2.31. The average Bonchev–Trinajstić information content (AvgIpc) is 2.96. The Bertz CT molecular complexity index is 1030. The van der Waals surface area contributed by atoms with E-state index in [1.807, 2.05) is 42.5 Å². The van der Waals surface area contributed by atoms with Crippen molar-refractivity contribution in [3.05, 3.63) is 54.1 Å². The number of carbonyl (C=O) groups is 2. The van der Waals surface area contributed by atoms with Crippen LogP contribution in [0.4, 0.5) is 17.1 Å². The largest absolute Gasteiger partial charge is 0.320 e. The van der Waals surface area contributed by atoms with E-state index in [1.165, 1.54) is 26.1 Å². The first-order valence-corrected chi connectivity index (χ1v) is 13.6. The zero-order valence-corrected chi connectivity index (χ0v) is 22.4. The second-order valence-corrected chi connectivity index (χ2v) is 11.3. The summed E-state index contributed by atoms with van der Waals surface area (Å²) in [5, 5.41) is 2.97. The summed E-state index contributed by atoms with van der Waals surface area (Å²) < 4.78 is 0. The Morgan fingerprint density at radius 3 is 2.22 bits per heavy atom. The van der Waals surface area contributed by atoms with Crippen LogP contribution in [0, 0.1) is 17.8 Å². The quantitative estimate of drug-likeness (QED) is 0.495. The summed E-state index contributed by atoms with van der Waals surface area (Å²) in [7, 11) is 0. The highest BCUT2D eigenvalue weighted by atomic mass is 16.2. The first-order valence-electron chi connectivity index (χ1n) is 13.6. The number of amides is 2. The van der Waals surface area contributed by atoms with Crippen molar-refractivity contribution >= 4 is 28.9 Å². The first kappa shape index (κ1) is 26.4. The number of hydrogen-bond acceptors (Lipinski definition) is 4. The van der Waals surface area contributed by atoms with Crippen LogP contribution in [0.1, 0.15) is 57.3 Å². The van der Waals surface area contributed by atoms with Gasteiger partial charge in [-0.05, 0) is 80.9 Å². The van der Waals surface area contributed by atoms with Crippen molar-refractivity contribution in [3.8, 4) is 0 Å². The van der Waals surface area contributed by atoms with Crippen LogP contribution in [-0.4, -0.2) is 60.9 Å². The van der Waals surface area contributed by atoms with Gasteiger partial charge in [0.05, 0.1) is 29.2 Å². The molecule has 2 amide bonds. The van der Waals surface area contributed by atoms with Gasteiger partial charge >= 0.3 is 0 Å². The molecule has 2 aromatic rings. The Balaban J connectivity index is 1.38. The van der Waals surface area contributed by atoms with E-state index in [4.69, 9.17) is 0 Å². The molecule has 2 heterocycles. The van der Waals surface area contributed by atoms with Gasteiger partial charge in [-0.15, -0.1) is 0 Å². The maximum atomic E-state index is 13.7. The lowest BCUT2D eigenvalue weighted by Crippen LogP contribution is -2.42. The Hall–Kier alpha value is -2.70. The molecule has 0 atom stereocenters. The van der Waals surface area contributed by atoms with Gasteiger partial charge in [0.1, 0.15) is 0 Å². The number of hydrogen-bond donors (Lipinski definition) is 1. The van der Waals surface area contributed by atoms with Crippen molar-refractivity contribution in [3.63, 3.8) is 0 Å². The second-order valence-electron chi connectivity index (χ2n) is 11.3. The topological polar surface area (TPSA) is 55.9 Å². The Morgan fingerprint density at radius 1 is 0.944 bits per heavy atom. The summed E-state index contributed by atoms with van der Waals surface area (Å²) in [4.78, 5) is 33.2. The van der Waals surface area contributed by atoms with Gasteiger partial charge in [-0.1, -0.05) is 52.0 Å². The standard InChI is InChI=1S/C30H42N4O2/c1-22(2)19-33(20-23(3)4)18-15-24-13-16-32(17-14-24)21-29(35)34-27-11-7-5-9-25(27)30(36)31-26-10-6-8-12-28(26)34/h5-12,22-24H,13-21H2,1-4H3,(H,31,36). The van der Waals surface area contributed by atoms with Crippen molar-refractivity contribution in [1.29, 1.82) is 0 Å². The van der Waals surface area contributed by atoms with Crippen molar-refractivity contribution in [1.82, 2.24) is 9.80 Å². The van der Waals surface area contributed by atoms with Crippen LogP contribution < -0.4 is 10.2 Å². The average molecular weight is 491 g/mol. The summed E-state index contributed by atoms with van der Waals surface area (Å²) in [6.07, 6.45) is 3.51. The molecule has 0 radical (unpaired) electrons. The van der Waals surface area contributed by atoms with E-state index in [0.29, 0.717) is 35.3 Å². The van der Waals surface area contributed by atoms with Gasteiger partial charge in [0.25, 0.3) is 5.91 Å². The number of carbonyl (C=O) groups excluding carboxylic acids is 2. The zero-order chi connectivity index (χ0) is 25.7. The normalized spacial score (nSPS) is 16.8. The van der Waals surface area contributed by atoms with Gasteiger partial charge in [-0.3, -0.25) is 19.4 Å². The molecule has 0 unspecified atom stereocenters. The van der Waals surface area contributed by atoms with Crippen LogP contribution in [0.15, 0.2) is 48.5 Å². The van der Waals surface area contributed by atoms with Crippen LogP contribution in [0.3, 0.4) is 0 Å². The molecule has 6 nitrogen and oxygen atoms in total. The maximum Gasteiger partial charge on any atom is 0.257 e. The Kier molecular flexibility index (Phi) is 8.81. The lowest BCUT2D eigenvalue weighted by molar-refractivity contribution is -0.119. The van der Waals surface area contributed by atoms with E-state index in [1.54, 1.807) is 11.0 Å². The molecule has 1 N–H and O–H groups in total. The van der Waals surface area contributed by atoms with Crippen LogP contribution in [0.5, 0.6) is 0 Å². The fourth-order valence-corrected chi connectivity index (χ4v) is 5.57. The maximum absolute atomic E-state index is 13.7. The minimum Gasteiger partial charge on any atom is -0.320 e. The van der Waals surface area contributed by atoms with E-state index in [-0.39, 0.29) is 11.8 Å². The number of benzene rings is 2. The molecular weight excluding hydrogens is 448 g/mol. The van der Waals surface area contributed by atoms with Gasteiger partial charge in [0, 0.05) is 13.1 Å². The zero-order valence-electron chi connectivity index (χ0n) is 22.4. The van der Waals surface area contributed by atoms with Crippen LogP contribution in [0.2, 0.25) is 0 Å². The fraction of sp³-hybridized carbons (Fsp3) is 0.533. The number of nitrogens with one attached hydrogen (secondary N) is 1. The molecule has 2 aromatic carbocycles. The van der Waals surface area contributed by atoms with Crippen molar-refractivity contribution in [2.45, 2.75) is 47.0 Å². The number of likely N-dealkylation sites (tertiary alicyclic amines) is 1. The number of fused-ring (bicyclic) bond motifs is 2. The van der Waals surface area contributed by atoms with Crippen molar-refractivity contribution in [2.75, 3.05) is 49.5 Å². The van der Waals surface area contributed by atoms with Gasteiger partial charge < -0.3 is 10.2 Å². The van der Waals surface area contributed by atoms with E-state index in [9.17, 15) is 9.59 Å². The van der Waals surface area contributed by atoms with E-state index in [2.05, 4.69) is 42.8 Å². The molecule has 4 rings (SSSR count). The van der Waals surface area contributed by atoms with Gasteiger partial charge in [0.15, 0.2) is 0 Å². The molecule has 0 saturated carbocycles. The van der Waals surface area contributed by atoms with Gasteiger partial charge in [-0.25, -0.2) is 0 Å². The third kappa shape index (κ3) is 6.54. The number of rotatable bonds is 9. The highest BCUT2D eigenvalue weighted by Crippen LogP contribution is 2.38. The molecule has 2 aliphatic heterocycles. The Morgan fingerprint density at radius 2 is 1.56 bits per heavy atom. The van der Waals surface area contributed by atoms with Gasteiger partial charge in [-0.2, -0.15) is 0 Å². The molecule has 0 aromatic heterocycles. The highest BCUT2D eigenvalue weighted by molar-refractivity contribution is 6.17. The van der Waals surface area contributed by atoms with E-state index < -0.39 is 0 Å². The fourth-order valence-electron chi connectivity index (χ4n) is 5.57. The molecule has 2 aliphatic rings. The molecule has 0 aliphatic carbocycles. The molecule has 36 heavy (non-hydrogen) atoms. The molecule has 6 heteroatoms. The summed E-state index contributed by atoms with van der Waals surface area (Å²) in [5.41, 5.74) is 2.56. The molecule has 0 bridgehead atoms. The summed E-state index contributed by atoms with van der Waals surface area (Å²) in [6, 6.07) is 14.9. The lowest BCUT2D eigenvalue weighted by atomic mass is 9.93. The van der Waals surface area contributed by atoms with E-state index >= 15 is 0 Å². The lowest BCUT2D eigenvalue weighted by Gasteiger charge is -2.34. The number of para-hydroxylation sites is 3. The minimum absolute atomic E-state index is 0.00453. The number of anilines is 3.